The lowest BCUT2D eigenvalue weighted by Crippen LogP contribution is -2.20. The summed E-state index contributed by atoms with van der Waals surface area (Å²) < 4.78 is 13.2. The van der Waals surface area contributed by atoms with Crippen molar-refractivity contribution in [1.82, 2.24) is 19.6 Å². The zero-order valence-electron chi connectivity index (χ0n) is 16.9. The van der Waals surface area contributed by atoms with E-state index >= 15 is 0 Å². The highest BCUT2D eigenvalue weighted by Gasteiger charge is 2.21. The number of ether oxygens (including phenoxy) is 2. The van der Waals surface area contributed by atoms with E-state index in [-0.39, 0.29) is 6.04 Å². The third-order valence-electron chi connectivity index (χ3n) is 5.22. The fourth-order valence-corrected chi connectivity index (χ4v) is 3.72. The summed E-state index contributed by atoms with van der Waals surface area (Å²) in [5, 5.41) is 8.03. The summed E-state index contributed by atoms with van der Waals surface area (Å²) in [4.78, 5) is 8.97. The Kier molecular flexibility index (Phi) is 4.71. The van der Waals surface area contributed by atoms with Gasteiger partial charge in [-0.3, -0.25) is 0 Å². The van der Waals surface area contributed by atoms with Gasteiger partial charge in [-0.1, -0.05) is 50.2 Å². The SMILES string of the molecule is CC(C)C(Nc1cc(-c2ccccc2)nc2ncnn12)c1ccc2c(c1)OCCO2. The molecule has 1 atom stereocenters. The highest BCUT2D eigenvalue weighted by molar-refractivity contribution is 5.65. The number of rotatable bonds is 5. The van der Waals surface area contributed by atoms with Crippen LogP contribution in [0.15, 0.2) is 60.9 Å². The van der Waals surface area contributed by atoms with Crippen LogP contribution in [-0.4, -0.2) is 32.8 Å². The van der Waals surface area contributed by atoms with Gasteiger partial charge < -0.3 is 14.8 Å². The van der Waals surface area contributed by atoms with Crippen molar-refractivity contribution in [2.75, 3.05) is 18.5 Å². The van der Waals surface area contributed by atoms with E-state index < -0.39 is 0 Å². The Morgan fingerprint density at radius 1 is 0.967 bits per heavy atom. The third kappa shape index (κ3) is 3.43. The average molecular weight is 401 g/mol. The lowest BCUT2D eigenvalue weighted by molar-refractivity contribution is 0.171. The van der Waals surface area contributed by atoms with Crippen LogP contribution in [0.4, 0.5) is 5.82 Å². The van der Waals surface area contributed by atoms with E-state index in [1.807, 2.05) is 42.5 Å². The summed E-state index contributed by atoms with van der Waals surface area (Å²) in [6.07, 6.45) is 1.52. The van der Waals surface area contributed by atoms with Crippen LogP contribution in [0.3, 0.4) is 0 Å². The van der Waals surface area contributed by atoms with Gasteiger partial charge in [0, 0.05) is 11.6 Å². The van der Waals surface area contributed by atoms with Crippen LogP contribution in [0.2, 0.25) is 0 Å². The highest BCUT2D eigenvalue weighted by Crippen LogP contribution is 2.36. The molecule has 152 valence electrons. The number of nitrogens with zero attached hydrogens (tertiary/aromatic N) is 4. The summed E-state index contributed by atoms with van der Waals surface area (Å²) in [7, 11) is 0. The van der Waals surface area contributed by atoms with Gasteiger partial charge >= 0.3 is 0 Å². The van der Waals surface area contributed by atoms with Gasteiger partial charge in [-0.25, -0.2) is 4.98 Å². The van der Waals surface area contributed by atoms with Gasteiger partial charge in [0.2, 0.25) is 0 Å². The molecule has 0 aliphatic carbocycles. The second-order valence-electron chi connectivity index (χ2n) is 7.63. The van der Waals surface area contributed by atoms with Crippen LogP contribution >= 0.6 is 0 Å². The molecule has 2 aromatic carbocycles. The van der Waals surface area contributed by atoms with Crippen molar-refractivity contribution < 1.29 is 9.47 Å². The molecule has 7 nitrogen and oxygen atoms in total. The summed E-state index contributed by atoms with van der Waals surface area (Å²) in [6, 6.07) is 18.3. The van der Waals surface area contributed by atoms with Gasteiger partial charge in [0.05, 0.1) is 11.7 Å². The van der Waals surface area contributed by atoms with E-state index in [0.717, 1.165) is 34.1 Å². The predicted octanol–water partition coefficient (Wildman–Crippen LogP) is 4.37. The molecule has 1 unspecified atom stereocenters. The first-order chi connectivity index (χ1) is 14.7. The second-order valence-corrected chi connectivity index (χ2v) is 7.63. The Bertz CT molecular complexity index is 1170. The first kappa shape index (κ1) is 18.4. The molecule has 1 N–H and O–H groups in total. The fraction of sp³-hybridized carbons (Fsp3) is 0.261. The number of hydrogen-bond acceptors (Lipinski definition) is 6. The Balaban J connectivity index is 1.55. The molecular formula is C23H23N5O2. The molecule has 0 spiro atoms. The van der Waals surface area contributed by atoms with Crippen LogP contribution in [0, 0.1) is 5.92 Å². The second kappa shape index (κ2) is 7.67. The predicted molar refractivity (Wildman–Crippen MR) is 115 cm³/mol. The summed E-state index contributed by atoms with van der Waals surface area (Å²) in [5.41, 5.74) is 3.01. The molecule has 4 aromatic rings. The zero-order valence-corrected chi connectivity index (χ0v) is 16.9. The molecule has 7 heteroatoms. The summed E-state index contributed by atoms with van der Waals surface area (Å²) >= 11 is 0. The maximum Gasteiger partial charge on any atom is 0.254 e. The minimum atomic E-state index is 0.0410. The topological polar surface area (TPSA) is 73.6 Å². The Morgan fingerprint density at radius 2 is 1.77 bits per heavy atom. The van der Waals surface area contributed by atoms with Crippen molar-refractivity contribution in [3.8, 4) is 22.8 Å². The van der Waals surface area contributed by atoms with Crippen LogP contribution in [-0.2, 0) is 0 Å². The Hall–Kier alpha value is -3.61. The molecule has 0 fully saturated rings. The minimum Gasteiger partial charge on any atom is -0.486 e. The summed E-state index contributed by atoms with van der Waals surface area (Å²) in [5.74, 6) is 3.30. The Morgan fingerprint density at radius 3 is 2.57 bits per heavy atom. The number of fused-ring (bicyclic) bond motifs is 2. The minimum absolute atomic E-state index is 0.0410. The van der Waals surface area contributed by atoms with E-state index in [2.05, 4.69) is 46.4 Å². The van der Waals surface area contributed by atoms with Gasteiger partial charge in [0.1, 0.15) is 25.4 Å². The smallest absolute Gasteiger partial charge is 0.254 e. The van der Waals surface area contributed by atoms with Crippen molar-refractivity contribution in [3.05, 3.63) is 66.5 Å². The van der Waals surface area contributed by atoms with Gasteiger partial charge in [-0.15, -0.1) is 0 Å². The number of anilines is 1. The first-order valence-corrected chi connectivity index (χ1v) is 10.1. The highest BCUT2D eigenvalue weighted by atomic mass is 16.6. The van der Waals surface area contributed by atoms with E-state index in [1.54, 1.807) is 4.52 Å². The fourth-order valence-electron chi connectivity index (χ4n) is 3.72. The molecule has 0 saturated heterocycles. The Labute approximate surface area is 174 Å². The molecule has 30 heavy (non-hydrogen) atoms. The van der Waals surface area contributed by atoms with Crippen LogP contribution in [0.5, 0.6) is 11.5 Å². The molecule has 2 aromatic heterocycles. The van der Waals surface area contributed by atoms with Gasteiger partial charge in [-0.05, 0) is 23.6 Å². The van der Waals surface area contributed by atoms with Gasteiger partial charge in [0.25, 0.3) is 5.78 Å². The maximum absolute atomic E-state index is 5.79. The van der Waals surface area contributed by atoms with E-state index in [4.69, 9.17) is 9.47 Å². The normalized spacial score (nSPS) is 14.1. The molecule has 1 aliphatic heterocycles. The monoisotopic (exact) mass is 401 g/mol. The lowest BCUT2D eigenvalue weighted by atomic mass is 9.95. The number of aromatic nitrogens is 4. The van der Waals surface area contributed by atoms with Crippen LogP contribution in [0.25, 0.3) is 17.0 Å². The number of benzene rings is 2. The van der Waals surface area contributed by atoms with Crippen molar-refractivity contribution in [2.24, 2.45) is 5.92 Å². The van der Waals surface area contributed by atoms with Gasteiger partial charge in [0.15, 0.2) is 11.5 Å². The quantitative estimate of drug-likeness (QED) is 0.535. The molecule has 0 amide bonds. The molecule has 3 heterocycles. The average Bonchev–Trinajstić information content (AvgIpc) is 3.26. The first-order valence-electron chi connectivity index (χ1n) is 10.1. The van der Waals surface area contributed by atoms with Crippen molar-refractivity contribution in [1.29, 1.82) is 0 Å². The zero-order chi connectivity index (χ0) is 20.5. The third-order valence-corrected chi connectivity index (χ3v) is 5.22. The van der Waals surface area contributed by atoms with E-state index in [9.17, 15) is 0 Å². The largest absolute Gasteiger partial charge is 0.486 e. The molecule has 5 rings (SSSR count). The number of hydrogen-bond donors (Lipinski definition) is 1. The van der Waals surface area contributed by atoms with Crippen molar-refractivity contribution in [2.45, 2.75) is 19.9 Å². The molecular weight excluding hydrogens is 378 g/mol. The summed E-state index contributed by atoms with van der Waals surface area (Å²) in [6.45, 7) is 5.53. The van der Waals surface area contributed by atoms with Gasteiger partial charge in [-0.2, -0.15) is 14.6 Å². The van der Waals surface area contributed by atoms with Crippen LogP contribution < -0.4 is 14.8 Å². The van der Waals surface area contributed by atoms with E-state index in [1.165, 1.54) is 6.33 Å². The molecule has 0 bridgehead atoms. The van der Waals surface area contributed by atoms with Crippen LogP contribution in [0.1, 0.15) is 25.5 Å². The maximum atomic E-state index is 5.79. The van der Waals surface area contributed by atoms with Crippen molar-refractivity contribution >= 4 is 11.6 Å². The molecule has 0 saturated carbocycles. The molecule has 1 aliphatic rings. The lowest BCUT2D eigenvalue weighted by Gasteiger charge is -2.26. The number of nitrogens with one attached hydrogen (secondary N) is 1. The molecule has 0 radical (unpaired) electrons. The van der Waals surface area contributed by atoms with E-state index in [0.29, 0.717) is 24.9 Å². The van der Waals surface area contributed by atoms with Crippen molar-refractivity contribution in [3.63, 3.8) is 0 Å². The standard InChI is InChI=1S/C23H23N5O2/c1-15(2)22(17-8-9-19-20(12-17)30-11-10-29-19)27-21-13-18(16-6-4-3-5-7-16)26-23-24-14-25-28(21)23/h3-9,12-15,22,27H,10-11H2,1-2H3.